The molecule has 0 aromatic carbocycles. The van der Waals surface area contributed by atoms with Crippen molar-refractivity contribution in [3.8, 4) is 0 Å². The summed E-state index contributed by atoms with van der Waals surface area (Å²) in [6.07, 6.45) is 4.03. The number of hydrogen-bond acceptors (Lipinski definition) is 3. The van der Waals surface area contributed by atoms with Crippen molar-refractivity contribution in [2.45, 2.75) is 44.8 Å². The van der Waals surface area contributed by atoms with Gasteiger partial charge in [0.15, 0.2) is 0 Å². The van der Waals surface area contributed by atoms with Gasteiger partial charge in [-0.25, -0.2) is 4.79 Å². The summed E-state index contributed by atoms with van der Waals surface area (Å²) in [6, 6.07) is -0.251. The fraction of sp³-hybridized carbons (Fsp3) is 0.846. The van der Waals surface area contributed by atoms with Gasteiger partial charge in [-0.2, -0.15) is 0 Å². The quantitative estimate of drug-likeness (QED) is 0.756. The van der Waals surface area contributed by atoms with Crippen molar-refractivity contribution < 1.29 is 19.4 Å². The van der Waals surface area contributed by atoms with E-state index in [1.54, 1.807) is 0 Å². The number of ether oxygens (including phenoxy) is 1. The summed E-state index contributed by atoms with van der Waals surface area (Å²) >= 11 is 0. The largest absolute Gasteiger partial charge is 0.480 e. The molecule has 0 radical (unpaired) electrons. The maximum absolute atomic E-state index is 12.1. The van der Waals surface area contributed by atoms with E-state index in [-0.39, 0.29) is 24.7 Å². The topological polar surface area (TPSA) is 78.9 Å². The number of nitrogens with one attached hydrogen (secondary N) is 1. The molecule has 0 bridgehead atoms. The molecule has 6 heteroatoms. The Hall–Kier alpha value is -1.30. The third-order valence-corrected chi connectivity index (χ3v) is 3.64. The van der Waals surface area contributed by atoms with Crippen LogP contribution in [0.5, 0.6) is 0 Å². The maximum Gasteiger partial charge on any atom is 0.323 e. The lowest BCUT2D eigenvalue weighted by Crippen LogP contribution is -2.49. The third kappa shape index (κ3) is 3.83. The molecule has 2 fully saturated rings. The molecule has 19 heavy (non-hydrogen) atoms. The first-order valence-corrected chi connectivity index (χ1v) is 7.00. The summed E-state index contributed by atoms with van der Waals surface area (Å²) in [5.74, 6) is -0.406. The van der Waals surface area contributed by atoms with Crippen molar-refractivity contribution in [2.24, 2.45) is 5.92 Å². The minimum atomic E-state index is -0.981. The van der Waals surface area contributed by atoms with Crippen molar-refractivity contribution in [2.75, 3.05) is 19.7 Å². The Bertz CT molecular complexity index is 344. The standard InChI is InChI=1S/C13H22N2O4/c1-2-6-15(8-11(16)17)13(18)14-10-5-7-19-12(10)9-3-4-9/h9-10,12H,2-8H2,1H3,(H,14,18)(H,16,17). The van der Waals surface area contributed by atoms with Crippen LogP contribution in [-0.4, -0.2) is 53.8 Å². The number of amides is 2. The Balaban J connectivity index is 1.88. The number of carbonyl (C=O) groups excluding carboxylic acids is 1. The summed E-state index contributed by atoms with van der Waals surface area (Å²) in [5, 5.41) is 11.8. The van der Waals surface area contributed by atoms with E-state index in [9.17, 15) is 9.59 Å². The minimum Gasteiger partial charge on any atom is -0.480 e. The first-order chi connectivity index (χ1) is 9.11. The first-order valence-electron chi connectivity index (χ1n) is 7.00. The number of aliphatic carboxylic acids is 1. The zero-order valence-electron chi connectivity index (χ0n) is 11.3. The fourth-order valence-corrected chi connectivity index (χ4v) is 2.59. The number of urea groups is 1. The molecule has 2 aliphatic rings. The molecule has 2 amide bonds. The van der Waals surface area contributed by atoms with Crippen molar-refractivity contribution in [1.82, 2.24) is 10.2 Å². The van der Waals surface area contributed by atoms with Crippen LogP contribution in [0.25, 0.3) is 0 Å². The van der Waals surface area contributed by atoms with Crippen LogP contribution >= 0.6 is 0 Å². The molecule has 0 aromatic heterocycles. The van der Waals surface area contributed by atoms with Gasteiger partial charge >= 0.3 is 12.0 Å². The van der Waals surface area contributed by atoms with Crippen molar-refractivity contribution >= 4 is 12.0 Å². The normalized spacial score (nSPS) is 26.2. The first kappa shape index (κ1) is 14.1. The average molecular weight is 270 g/mol. The molecule has 1 saturated heterocycles. The molecule has 0 spiro atoms. The Kier molecular flexibility index (Phi) is 4.63. The van der Waals surface area contributed by atoms with Gasteiger partial charge < -0.3 is 20.1 Å². The monoisotopic (exact) mass is 270 g/mol. The molecular weight excluding hydrogens is 248 g/mol. The average Bonchev–Trinajstić information content (AvgIpc) is 3.09. The zero-order chi connectivity index (χ0) is 13.8. The van der Waals surface area contributed by atoms with Gasteiger partial charge in [0.05, 0.1) is 12.1 Å². The molecule has 6 nitrogen and oxygen atoms in total. The Labute approximate surface area is 113 Å². The smallest absolute Gasteiger partial charge is 0.323 e. The highest BCUT2D eigenvalue weighted by Crippen LogP contribution is 2.38. The number of carboxylic acids is 1. The van der Waals surface area contributed by atoms with Gasteiger partial charge in [0.2, 0.25) is 0 Å². The van der Waals surface area contributed by atoms with E-state index in [4.69, 9.17) is 9.84 Å². The van der Waals surface area contributed by atoms with Gasteiger partial charge in [-0.05, 0) is 31.6 Å². The lowest BCUT2D eigenvalue weighted by molar-refractivity contribution is -0.137. The van der Waals surface area contributed by atoms with E-state index in [1.807, 2.05) is 6.92 Å². The van der Waals surface area contributed by atoms with Gasteiger partial charge in [0.25, 0.3) is 0 Å². The Morgan fingerprint density at radius 1 is 1.37 bits per heavy atom. The minimum absolute atomic E-state index is 0.0353. The van der Waals surface area contributed by atoms with Crippen LogP contribution < -0.4 is 5.32 Å². The summed E-state index contributed by atoms with van der Waals surface area (Å²) in [7, 11) is 0. The van der Waals surface area contributed by atoms with E-state index in [0.717, 1.165) is 12.8 Å². The van der Waals surface area contributed by atoms with Crippen molar-refractivity contribution in [3.05, 3.63) is 0 Å². The number of carboxylic acid groups (broad SMARTS) is 1. The van der Waals surface area contributed by atoms with Crippen LogP contribution in [0.1, 0.15) is 32.6 Å². The predicted octanol–water partition coefficient (Wildman–Crippen LogP) is 1.06. The van der Waals surface area contributed by atoms with E-state index in [2.05, 4.69) is 5.32 Å². The van der Waals surface area contributed by atoms with Gasteiger partial charge in [0.1, 0.15) is 6.54 Å². The van der Waals surface area contributed by atoms with Gasteiger partial charge in [-0.1, -0.05) is 6.92 Å². The molecular formula is C13H22N2O4. The highest BCUT2D eigenvalue weighted by Gasteiger charge is 2.41. The summed E-state index contributed by atoms with van der Waals surface area (Å²) in [4.78, 5) is 24.2. The van der Waals surface area contributed by atoms with Crippen LogP contribution in [-0.2, 0) is 9.53 Å². The molecule has 2 atom stereocenters. The van der Waals surface area contributed by atoms with Gasteiger partial charge in [0, 0.05) is 13.2 Å². The highest BCUT2D eigenvalue weighted by atomic mass is 16.5. The fourth-order valence-electron chi connectivity index (χ4n) is 2.59. The van der Waals surface area contributed by atoms with Gasteiger partial charge in [-0.15, -0.1) is 0 Å². The Morgan fingerprint density at radius 2 is 2.11 bits per heavy atom. The van der Waals surface area contributed by atoms with Crippen molar-refractivity contribution in [1.29, 1.82) is 0 Å². The predicted molar refractivity (Wildman–Crippen MR) is 68.9 cm³/mol. The van der Waals surface area contributed by atoms with E-state index in [1.165, 1.54) is 17.7 Å². The highest BCUT2D eigenvalue weighted by molar-refractivity contribution is 5.80. The second kappa shape index (κ2) is 6.23. The SMILES string of the molecule is CCCN(CC(=O)O)C(=O)NC1CCOC1C1CC1. The second-order valence-corrected chi connectivity index (χ2v) is 5.33. The molecule has 1 heterocycles. The molecule has 1 aliphatic heterocycles. The number of nitrogens with zero attached hydrogens (tertiary/aromatic N) is 1. The van der Waals surface area contributed by atoms with E-state index >= 15 is 0 Å². The summed E-state index contributed by atoms with van der Waals surface area (Å²) in [6.45, 7) is 2.81. The summed E-state index contributed by atoms with van der Waals surface area (Å²) in [5.41, 5.74) is 0. The van der Waals surface area contributed by atoms with Crippen LogP contribution in [0.3, 0.4) is 0 Å². The molecule has 2 N–H and O–H groups in total. The lowest BCUT2D eigenvalue weighted by Gasteiger charge is -2.25. The molecule has 2 rings (SSSR count). The van der Waals surface area contributed by atoms with Crippen LogP contribution in [0.2, 0.25) is 0 Å². The number of rotatable bonds is 6. The van der Waals surface area contributed by atoms with E-state index < -0.39 is 5.97 Å². The third-order valence-electron chi connectivity index (χ3n) is 3.64. The maximum atomic E-state index is 12.1. The van der Waals surface area contributed by atoms with Crippen LogP contribution in [0.15, 0.2) is 0 Å². The summed E-state index contributed by atoms with van der Waals surface area (Å²) < 4.78 is 5.66. The molecule has 0 aromatic rings. The molecule has 2 unspecified atom stereocenters. The molecule has 1 aliphatic carbocycles. The lowest BCUT2D eigenvalue weighted by atomic mass is 10.1. The van der Waals surface area contributed by atoms with Crippen LogP contribution in [0.4, 0.5) is 4.79 Å². The Morgan fingerprint density at radius 3 is 2.68 bits per heavy atom. The molecule has 108 valence electrons. The second-order valence-electron chi connectivity index (χ2n) is 5.33. The van der Waals surface area contributed by atoms with Gasteiger partial charge in [-0.3, -0.25) is 4.79 Å². The zero-order valence-corrected chi connectivity index (χ0v) is 11.3. The van der Waals surface area contributed by atoms with Crippen LogP contribution in [0, 0.1) is 5.92 Å². The number of carbonyl (C=O) groups is 2. The molecule has 1 saturated carbocycles. The van der Waals surface area contributed by atoms with E-state index in [0.29, 0.717) is 19.1 Å². The van der Waals surface area contributed by atoms with Crippen molar-refractivity contribution in [3.63, 3.8) is 0 Å². The number of hydrogen-bond donors (Lipinski definition) is 2.